The zero-order valence-electron chi connectivity index (χ0n) is 12.8. The molecule has 0 aromatic carbocycles. The Morgan fingerprint density at radius 1 is 1.38 bits per heavy atom. The van der Waals surface area contributed by atoms with Crippen LogP contribution in [0.25, 0.3) is 0 Å². The minimum atomic E-state index is -4.63. The molecule has 1 aliphatic rings. The van der Waals surface area contributed by atoms with E-state index < -0.39 is 47.7 Å². The molecule has 0 radical (unpaired) electrons. The third-order valence-electron chi connectivity index (χ3n) is 3.82. The summed E-state index contributed by atoms with van der Waals surface area (Å²) in [5.41, 5.74) is 3.99. The molecule has 0 spiro atoms. The molecule has 0 aliphatic carbocycles. The fraction of sp³-hybridized carbons (Fsp3) is 0.500. The van der Waals surface area contributed by atoms with Crippen LogP contribution in [0.4, 0.5) is 13.2 Å². The van der Waals surface area contributed by atoms with Gasteiger partial charge in [0.15, 0.2) is 0 Å². The number of amides is 2. The summed E-state index contributed by atoms with van der Waals surface area (Å²) < 4.78 is 38.8. The van der Waals surface area contributed by atoms with Crippen LogP contribution in [0.1, 0.15) is 12.0 Å². The number of nitrogens with two attached hydrogens (primary N) is 1. The van der Waals surface area contributed by atoms with Gasteiger partial charge in [-0.05, 0) is 12.5 Å². The lowest BCUT2D eigenvalue weighted by molar-refractivity contribution is -0.140. The number of carbonyl (C=O) groups is 2. The first-order valence-corrected chi connectivity index (χ1v) is 7.18. The molecular formula is C14H17F3N4O3. The molecule has 2 rings (SSSR count). The van der Waals surface area contributed by atoms with Crippen molar-refractivity contribution in [2.24, 2.45) is 5.73 Å². The van der Waals surface area contributed by atoms with E-state index in [2.05, 4.69) is 5.32 Å². The molecule has 1 aromatic rings. The average Bonchev–Trinajstić information content (AvgIpc) is 2.89. The van der Waals surface area contributed by atoms with Crippen molar-refractivity contribution in [2.45, 2.75) is 31.2 Å². The van der Waals surface area contributed by atoms with Crippen LogP contribution >= 0.6 is 0 Å². The number of rotatable bonds is 3. The summed E-state index contributed by atoms with van der Waals surface area (Å²) in [5.74, 6) is -1.05. The minimum Gasteiger partial charge on any atom is -0.357 e. The maximum Gasteiger partial charge on any atom is 0.417 e. The van der Waals surface area contributed by atoms with Gasteiger partial charge in [0.1, 0.15) is 12.6 Å². The van der Waals surface area contributed by atoms with Crippen molar-refractivity contribution in [2.75, 3.05) is 13.6 Å². The quantitative estimate of drug-likeness (QED) is 0.774. The smallest absolute Gasteiger partial charge is 0.357 e. The van der Waals surface area contributed by atoms with E-state index in [0.717, 1.165) is 6.07 Å². The number of pyridine rings is 1. The largest absolute Gasteiger partial charge is 0.417 e. The van der Waals surface area contributed by atoms with Crippen molar-refractivity contribution in [3.8, 4) is 0 Å². The van der Waals surface area contributed by atoms with Gasteiger partial charge in [0.25, 0.3) is 5.56 Å². The Kier molecular flexibility index (Phi) is 4.97. The molecule has 2 heterocycles. The van der Waals surface area contributed by atoms with E-state index in [1.54, 1.807) is 0 Å². The number of nitrogens with one attached hydrogen (secondary N) is 1. The first-order valence-electron chi connectivity index (χ1n) is 7.18. The fourth-order valence-electron chi connectivity index (χ4n) is 2.62. The predicted octanol–water partition coefficient (Wildman–Crippen LogP) is -0.459. The Labute approximate surface area is 135 Å². The van der Waals surface area contributed by atoms with Gasteiger partial charge in [-0.1, -0.05) is 0 Å². The molecule has 1 aromatic heterocycles. The Morgan fingerprint density at radius 2 is 2.04 bits per heavy atom. The van der Waals surface area contributed by atoms with E-state index in [0.29, 0.717) is 16.8 Å². The first kappa shape index (κ1) is 18.0. The van der Waals surface area contributed by atoms with Crippen molar-refractivity contribution in [1.82, 2.24) is 14.8 Å². The third-order valence-corrected chi connectivity index (χ3v) is 3.82. The van der Waals surface area contributed by atoms with Gasteiger partial charge < -0.3 is 20.5 Å². The number of carbonyl (C=O) groups excluding carboxylic acids is 2. The molecule has 132 valence electrons. The highest BCUT2D eigenvalue weighted by Crippen LogP contribution is 2.28. The van der Waals surface area contributed by atoms with Crippen LogP contribution in [0, 0.1) is 0 Å². The molecule has 0 bridgehead atoms. The Bertz CT molecular complexity index is 701. The van der Waals surface area contributed by atoms with E-state index in [1.165, 1.54) is 11.9 Å². The van der Waals surface area contributed by atoms with Crippen molar-refractivity contribution in [1.29, 1.82) is 0 Å². The molecule has 1 fully saturated rings. The molecule has 10 heteroatoms. The first-order chi connectivity index (χ1) is 11.1. The predicted molar refractivity (Wildman–Crippen MR) is 77.9 cm³/mol. The average molecular weight is 346 g/mol. The van der Waals surface area contributed by atoms with Crippen molar-refractivity contribution < 1.29 is 22.8 Å². The van der Waals surface area contributed by atoms with Gasteiger partial charge in [-0.25, -0.2) is 0 Å². The maximum absolute atomic E-state index is 12.7. The molecule has 1 saturated heterocycles. The second-order valence-corrected chi connectivity index (χ2v) is 5.55. The van der Waals surface area contributed by atoms with Gasteiger partial charge in [-0.2, -0.15) is 13.2 Å². The van der Waals surface area contributed by atoms with Crippen LogP contribution in [-0.4, -0.2) is 47.0 Å². The number of halogens is 3. The highest BCUT2D eigenvalue weighted by molar-refractivity contribution is 5.88. The van der Waals surface area contributed by atoms with E-state index in [-0.39, 0.29) is 13.0 Å². The molecule has 3 N–H and O–H groups in total. The standard InChI is InChI=1S/C14H17F3N4O3/c1-19-13(24)10-4-9(18)6-21(10)12(23)7-20-5-8(14(15,16)17)2-3-11(20)22/h2-3,5,9-10H,4,6-7,18H2,1H3,(H,19,24)/t9-,10+/m1/s1. The number of nitrogens with zero attached hydrogens (tertiary/aromatic N) is 2. The van der Waals surface area contributed by atoms with Gasteiger partial charge in [-0.15, -0.1) is 0 Å². The highest BCUT2D eigenvalue weighted by Gasteiger charge is 2.38. The fourth-order valence-corrected chi connectivity index (χ4v) is 2.62. The van der Waals surface area contributed by atoms with Gasteiger partial charge in [0, 0.05) is 31.9 Å². The van der Waals surface area contributed by atoms with Crippen molar-refractivity contribution in [3.05, 3.63) is 34.2 Å². The zero-order chi connectivity index (χ0) is 18.1. The molecule has 0 unspecified atom stereocenters. The maximum atomic E-state index is 12.7. The lowest BCUT2D eigenvalue weighted by Crippen LogP contribution is -2.46. The lowest BCUT2D eigenvalue weighted by atomic mass is 10.1. The van der Waals surface area contributed by atoms with Crippen LogP contribution in [0.5, 0.6) is 0 Å². The van der Waals surface area contributed by atoms with Crippen LogP contribution in [0.3, 0.4) is 0 Å². The number of hydrogen-bond donors (Lipinski definition) is 2. The van der Waals surface area contributed by atoms with Crippen LogP contribution in [-0.2, 0) is 22.3 Å². The second kappa shape index (κ2) is 6.63. The zero-order valence-corrected chi connectivity index (χ0v) is 12.8. The topological polar surface area (TPSA) is 97.4 Å². The molecule has 0 saturated carbocycles. The van der Waals surface area contributed by atoms with Crippen molar-refractivity contribution >= 4 is 11.8 Å². The normalized spacial score (nSPS) is 21.0. The number of hydrogen-bond acceptors (Lipinski definition) is 4. The Balaban J connectivity index is 2.23. The summed E-state index contributed by atoms with van der Waals surface area (Å²) in [6, 6.07) is 0.207. The molecule has 7 nitrogen and oxygen atoms in total. The summed E-state index contributed by atoms with van der Waals surface area (Å²) in [6.45, 7) is -0.492. The number of likely N-dealkylation sites (N-methyl/N-ethyl adjacent to an activating group) is 1. The SMILES string of the molecule is CNC(=O)[C@@H]1C[C@@H](N)CN1C(=O)Cn1cc(C(F)(F)F)ccc1=O. The van der Waals surface area contributed by atoms with Crippen LogP contribution in [0.2, 0.25) is 0 Å². The molecule has 24 heavy (non-hydrogen) atoms. The van der Waals surface area contributed by atoms with E-state index in [1.807, 2.05) is 0 Å². The van der Waals surface area contributed by atoms with Crippen LogP contribution in [0.15, 0.2) is 23.1 Å². The van der Waals surface area contributed by atoms with E-state index in [9.17, 15) is 27.6 Å². The highest BCUT2D eigenvalue weighted by atomic mass is 19.4. The Hall–Kier alpha value is -2.36. The van der Waals surface area contributed by atoms with Gasteiger partial charge in [0.2, 0.25) is 11.8 Å². The number of likely N-dealkylation sites (tertiary alicyclic amines) is 1. The summed E-state index contributed by atoms with van der Waals surface area (Å²) in [7, 11) is 1.41. The molecule has 1 aliphatic heterocycles. The Morgan fingerprint density at radius 3 is 2.62 bits per heavy atom. The van der Waals surface area contributed by atoms with Crippen LogP contribution < -0.4 is 16.6 Å². The lowest BCUT2D eigenvalue weighted by Gasteiger charge is -2.23. The summed E-state index contributed by atoms with van der Waals surface area (Å²) in [6.07, 6.45) is -3.78. The number of aromatic nitrogens is 1. The minimum absolute atomic E-state index is 0.102. The third kappa shape index (κ3) is 3.75. The second-order valence-electron chi connectivity index (χ2n) is 5.55. The van der Waals surface area contributed by atoms with Gasteiger partial charge in [-0.3, -0.25) is 14.4 Å². The molecule has 2 atom stereocenters. The van der Waals surface area contributed by atoms with Gasteiger partial charge in [0.05, 0.1) is 5.56 Å². The van der Waals surface area contributed by atoms with Crippen molar-refractivity contribution in [3.63, 3.8) is 0 Å². The monoisotopic (exact) mass is 346 g/mol. The summed E-state index contributed by atoms with van der Waals surface area (Å²) in [5, 5.41) is 2.41. The summed E-state index contributed by atoms with van der Waals surface area (Å²) in [4.78, 5) is 37.1. The van der Waals surface area contributed by atoms with E-state index in [4.69, 9.17) is 5.73 Å². The molecular weight excluding hydrogens is 329 g/mol. The molecule has 2 amide bonds. The number of alkyl halides is 3. The summed E-state index contributed by atoms with van der Waals surface area (Å²) >= 11 is 0. The van der Waals surface area contributed by atoms with Gasteiger partial charge >= 0.3 is 6.18 Å². The van der Waals surface area contributed by atoms with E-state index >= 15 is 0 Å².